The van der Waals surface area contributed by atoms with E-state index in [2.05, 4.69) is 9.88 Å². The van der Waals surface area contributed by atoms with Gasteiger partial charge in [0.1, 0.15) is 5.82 Å². The van der Waals surface area contributed by atoms with E-state index in [1.807, 2.05) is 26.1 Å². The number of aromatic nitrogens is 1. The summed E-state index contributed by atoms with van der Waals surface area (Å²) in [5, 5.41) is 8.71. The number of hydrogen-bond donors (Lipinski definition) is 2. The van der Waals surface area contributed by atoms with Gasteiger partial charge in [-0.25, -0.2) is 4.98 Å². The molecule has 3 N–H and O–H groups in total. The molecule has 1 atom stereocenters. The highest BCUT2D eigenvalue weighted by Gasteiger charge is 2.05. The SMILES string of the molecule is C[C@@H](N)c1ccnc(N(C)CCCCCO)c1. The number of aliphatic hydroxyl groups excluding tert-OH is 1. The van der Waals surface area contributed by atoms with Crippen molar-refractivity contribution < 1.29 is 5.11 Å². The van der Waals surface area contributed by atoms with Crippen molar-refractivity contribution in [3.05, 3.63) is 23.9 Å². The number of aliphatic hydroxyl groups is 1. The Balaban J connectivity index is 2.50. The lowest BCUT2D eigenvalue weighted by molar-refractivity contribution is 0.283. The Morgan fingerprint density at radius 3 is 2.82 bits per heavy atom. The van der Waals surface area contributed by atoms with Crippen LogP contribution in [0.5, 0.6) is 0 Å². The molecule has 4 heteroatoms. The zero-order valence-electron chi connectivity index (χ0n) is 10.8. The van der Waals surface area contributed by atoms with Crippen molar-refractivity contribution in [3.8, 4) is 0 Å². The van der Waals surface area contributed by atoms with Crippen LogP contribution in [0.15, 0.2) is 18.3 Å². The third-order valence-electron chi connectivity index (χ3n) is 2.84. The van der Waals surface area contributed by atoms with E-state index in [0.29, 0.717) is 0 Å². The molecule has 0 unspecified atom stereocenters. The lowest BCUT2D eigenvalue weighted by Crippen LogP contribution is -2.20. The van der Waals surface area contributed by atoms with Crippen molar-refractivity contribution >= 4 is 5.82 Å². The van der Waals surface area contributed by atoms with Gasteiger partial charge in [0, 0.05) is 32.4 Å². The average molecular weight is 237 g/mol. The van der Waals surface area contributed by atoms with Crippen LogP contribution in [-0.4, -0.2) is 30.3 Å². The number of anilines is 1. The van der Waals surface area contributed by atoms with E-state index in [1.54, 1.807) is 6.20 Å². The molecule has 4 nitrogen and oxygen atoms in total. The lowest BCUT2D eigenvalue weighted by Gasteiger charge is -2.19. The second-order valence-electron chi connectivity index (χ2n) is 4.44. The standard InChI is InChI=1S/C13H23N3O/c1-11(14)12-6-7-15-13(10-12)16(2)8-4-3-5-9-17/h6-7,10-11,17H,3-5,8-9,14H2,1-2H3/t11-/m1/s1. The van der Waals surface area contributed by atoms with Crippen LogP contribution in [0.2, 0.25) is 0 Å². The van der Waals surface area contributed by atoms with E-state index in [9.17, 15) is 0 Å². The van der Waals surface area contributed by atoms with E-state index in [4.69, 9.17) is 10.8 Å². The van der Waals surface area contributed by atoms with Gasteiger partial charge in [-0.2, -0.15) is 0 Å². The van der Waals surface area contributed by atoms with Gasteiger partial charge in [0.2, 0.25) is 0 Å². The van der Waals surface area contributed by atoms with Gasteiger partial charge in [0.05, 0.1) is 0 Å². The van der Waals surface area contributed by atoms with Crippen LogP contribution in [-0.2, 0) is 0 Å². The summed E-state index contributed by atoms with van der Waals surface area (Å²) in [5.74, 6) is 0.962. The van der Waals surface area contributed by atoms with Crippen LogP contribution < -0.4 is 10.6 Å². The van der Waals surface area contributed by atoms with E-state index in [0.717, 1.165) is 37.2 Å². The van der Waals surface area contributed by atoms with Crippen LogP contribution >= 0.6 is 0 Å². The average Bonchev–Trinajstić information content (AvgIpc) is 2.34. The Kier molecular flexibility index (Phi) is 5.94. The van der Waals surface area contributed by atoms with E-state index in [1.165, 1.54) is 0 Å². The Hall–Kier alpha value is -1.13. The summed E-state index contributed by atoms with van der Waals surface area (Å²) in [7, 11) is 2.03. The zero-order chi connectivity index (χ0) is 12.7. The topological polar surface area (TPSA) is 62.4 Å². The van der Waals surface area contributed by atoms with Gasteiger partial charge in [0.25, 0.3) is 0 Å². The third kappa shape index (κ3) is 4.71. The highest BCUT2D eigenvalue weighted by atomic mass is 16.2. The van der Waals surface area contributed by atoms with Crippen LogP contribution in [0, 0.1) is 0 Å². The lowest BCUT2D eigenvalue weighted by atomic mass is 10.1. The maximum Gasteiger partial charge on any atom is 0.128 e. The maximum absolute atomic E-state index is 8.71. The molecular weight excluding hydrogens is 214 g/mol. The summed E-state index contributed by atoms with van der Waals surface area (Å²) < 4.78 is 0. The minimum Gasteiger partial charge on any atom is -0.396 e. The fraction of sp³-hybridized carbons (Fsp3) is 0.615. The van der Waals surface area contributed by atoms with Crippen molar-refractivity contribution in [2.24, 2.45) is 5.73 Å². The number of pyridine rings is 1. The summed E-state index contributed by atoms with van der Waals surface area (Å²) in [6.07, 6.45) is 4.80. The largest absolute Gasteiger partial charge is 0.396 e. The van der Waals surface area contributed by atoms with Gasteiger partial charge in [-0.15, -0.1) is 0 Å². The number of nitrogens with zero attached hydrogens (tertiary/aromatic N) is 2. The molecule has 1 aromatic heterocycles. The first-order valence-electron chi connectivity index (χ1n) is 6.18. The number of hydrogen-bond acceptors (Lipinski definition) is 4. The summed E-state index contributed by atoms with van der Waals surface area (Å²) in [6.45, 7) is 3.21. The molecule has 1 heterocycles. The van der Waals surface area contributed by atoms with Crippen molar-refractivity contribution in [2.45, 2.75) is 32.2 Å². The molecule has 0 aliphatic heterocycles. The fourth-order valence-corrected chi connectivity index (χ4v) is 1.68. The van der Waals surface area contributed by atoms with Crippen molar-refractivity contribution in [1.29, 1.82) is 0 Å². The van der Waals surface area contributed by atoms with Crippen molar-refractivity contribution in [1.82, 2.24) is 4.98 Å². The first kappa shape index (κ1) is 13.9. The smallest absolute Gasteiger partial charge is 0.128 e. The van der Waals surface area contributed by atoms with E-state index >= 15 is 0 Å². The van der Waals surface area contributed by atoms with Crippen molar-refractivity contribution in [2.75, 3.05) is 25.1 Å². The summed E-state index contributed by atoms with van der Waals surface area (Å²) >= 11 is 0. The van der Waals surface area contributed by atoms with Gasteiger partial charge >= 0.3 is 0 Å². The zero-order valence-corrected chi connectivity index (χ0v) is 10.8. The summed E-state index contributed by atoms with van der Waals surface area (Å²) in [5.41, 5.74) is 6.96. The Morgan fingerprint density at radius 1 is 1.41 bits per heavy atom. The van der Waals surface area contributed by atoms with Crippen molar-refractivity contribution in [3.63, 3.8) is 0 Å². The molecule has 96 valence electrons. The molecule has 17 heavy (non-hydrogen) atoms. The fourth-order valence-electron chi connectivity index (χ4n) is 1.68. The molecular formula is C13H23N3O. The molecule has 0 aliphatic rings. The maximum atomic E-state index is 8.71. The second-order valence-corrected chi connectivity index (χ2v) is 4.44. The minimum atomic E-state index is 0.0412. The minimum absolute atomic E-state index is 0.0412. The highest BCUT2D eigenvalue weighted by Crippen LogP contribution is 2.16. The third-order valence-corrected chi connectivity index (χ3v) is 2.84. The Morgan fingerprint density at radius 2 is 2.18 bits per heavy atom. The Bertz CT molecular complexity index is 328. The molecule has 0 spiro atoms. The van der Waals surface area contributed by atoms with Gasteiger partial charge in [-0.1, -0.05) is 0 Å². The number of rotatable bonds is 7. The van der Waals surface area contributed by atoms with Crippen LogP contribution in [0.1, 0.15) is 37.8 Å². The predicted molar refractivity (Wildman–Crippen MR) is 71.0 cm³/mol. The van der Waals surface area contributed by atoms with Gasteiger partial charge < -0.3 is 15.7 Å². The Labute approximate surface area is 103 Å². The predicted octanol–water partition coefficient (Wildman–Crippen LogP) is 1.70. The number of unbranched alkanes of at least 4 members (excludes halogenated alkanes) is 2. The summed E-state index contributed by atoms with van der Waals surface area (Å²) in [6, 6.07) is 4.03. The molecule has 0 aliphatic carbocycles. The normalized spacial score (nSPS) is 12.5. The van der Waals surface area contributed by atoms with Gasteiger partial charge in [0.15, 0.2) is 0 Å². The van der Waals surface area contributed by atoms with Crippen LogP contribution in [0.25, 0.3) is 0 Å². The first-order chi connectivity index (χ1) is 8.15. The van der Waals surface area contributed by atoms with Gasteiger partial charge in [-0.3, -0.25) is 0 Å². The van der Waals surface area contributed by atoms with Gasteiger partial charge in [-0.05, 0) is 43.9 Å². The first-order valence-corrected chi connectivity index (χ1v) is 6.18. The molecule has 0 saturated carbocycles. The molecule has 0 radical (unpaired) electrons. The molecule has 0 amide bonds. The molecule has 1 rings (SSSR count). The molecule has 0 aromatic carbocycles. The van der Waals surface area contributed by atoms with Crippen LogP contribution in [0.3, 0.4) is 0 Å². The number of nitrogens with two attached hydrogens (primary N) is 1. The quantitative estimate of drug-likeness (QED) is 0.709. The van der Waals surface area contributed by atoms with E-state index in [-0.39, 0.29) is 12.6 Å². The summed E-state index contributed by atoms with van der Waals surface area (Å²) in [4.78, 5) is 6.47. The highest BCUT2D eigenvalue weighted by molar-refractivity contribution is 5.40. The van der Waals surface area contributed by atoms with E-state index < -0.39 is 0 Å². The molecule has 0 bridgehead atoms. The monoisotopic (exact) mass is 237 g/mol. The molecule has 0 saturated heterocycles. The second kappa shape index (κ2) is 7.25. The van der Waals surface area contributed by atoms with Crippen LogP contribution in [0.4, 0.5) is 5.82 Å². The molecule has 0 fully saturated rings. The molecule has 1 aromatic rings.